The molecule has 0 unspecified atom stereocenters. The van der Waals surface area contributed by atoms with Crippen LogP contribution < -0.4 is 4.74 Å². The van der Waals surface area contributed by atoms with Gasteiger partial charge in [0.25, 0.3) is 0 Å². The van der Waals surface area contributed by atoms with Gasteiger partial charge in [-0.15, -0.1) is 0 Å². The minimum atomic E-state index is -3.50. The monoisotopic (exact) mass is 347 g/mol. The molecule has 8 heteroatoms. The zero-order chi connectivity index (χ0) is 16.4. The van der Waals surface area contributed by atoms with Gasteiger partial charge >= 0.3 is 0 Å². The normalized spacial score (nSPS) is 17.2. The smallest absolute Gasteiger partial charge is 0.214 e. The molecule has 0 aliphatic carbocycles. The molecule has 0 radical (unpaired) electrons. The zero-order valence-corrected chi connectivity index (χ0v) is 14.4. The average molecular weight is 347 g/mol. The maximum absolute atomic E-state index is 12.4. The largest absolute Gasteiger partial charge is 0.497 e. The van der Waals surface area contributed by atoms with Crippen LogP contribution in [0.2, 0.25) is 0 Å². The average Bonchev–Trinajstić information content (AvgIpc) is 2.43. The Hall–Kier alpha value is -1.12. The van der Waals surface area contributed by atoms with Crippen LogP contribution in [0.5, 0.6) is 5.75 Å². The van der Waals surface area contributed by atoms with Crippen molar-refractivity contribution in [1.29, 1.82) is 0 Å². The highest BCUT2D eigenvalue weighted by Crippen LogP contribution is 2.27. The number of nitrogens with zero attached hydrogens (tertiary/aromatic N) is 1. The van der Waals surface area contributed by atoms with E-state index in [0.29, 0.717) is 12.2 Å². The molecule has 1 aromatic carbocycles. The molecule has 1 saturated heterocycles. The summed E-state index contributed by atoms with van der Waals surface area (Å²) in [7, 11) is -5.32. The van der Waals surface area contributed by atoms with Crippen molar-refractivity contribution < 1.29 is 21.6 Å². The molecule has 0 saturated carbocycles. The van der Waals surface area contributed by atoms with Crippen molar-refractivity contribution in [2.45, 2.75) is 29.9 Å². The van der Waals surface area contributed by atoms with E-state index in [1.165, 1.54) is 23.5 Å². The molecule has 1 aromatic rings. The molecule has 1 heterocycles. The van der Waals surface area contributed by atoms with Crippen molar-refractivity contribution in [3.63, 3.8) is 0 Å². The molecular weight excluding hydrogens is 326 g/mol. The second-order valence-corrected chi connectivity index (χ2v) is 9.65. The molecule has 0 amide bonds. The number of rotatable bonds is 7. The standard InChI is InChI=1S/C14H21NO5S2/c1-3-4-9-21(16,17)15-10-14(11-15)22(18,19)13-7-5-12(20-2)6-8-13/h5-8,14H,3-4,9-11H2,1-2H3. The molecule has 0 N–H and O–H groups in total. The van der Waals surface area contributed by atoms with Crippen molar-refractivity contribution >= 4 is 19.9 Å². The fourth-order valence-electron chi connectivity index (χ4n) is 2.24. The molecule has 2 rings (SSSR count). The molecule has 1 aliphatic heterocycles. The third-order valence-corrected chi connectivity index (χ3v) is 7.79. The maximum atomic E-state index is 12.4. The Labute approximate surface area is 132 Å². The lowest BCUT2D eigenvalue weighted by atomic mass is 10.3. The third kappa shape index (κ3) is 3.44. The molecule has 0 bridgehead atoms. The number of ether oxygens (including phenoxy) is 1. The number of sulfone groups is 1. The van der Waals surface area contributed by atoms with Crippen molar-refractivity contribution in [2.75, 3.05) is 26.0 Å². The van der Waals surface area contributed by atoms with Gasteiger partial charge in [-0.05, 0) is 30.7 Å². The number of hydrogen-bond donors (Lipinski definition) is 0. The first-order valence-corrected chi connectivity index (χ1v) is 10.3. The van der Waals surface area contributed by atoms with Crippen LogP contribution in [0.1, 0.15) is 19.8 Å². The predicted molar refractivity (Wildman–Crippen MR) is 84.2 cm³/mol. The second-order valence-electron chi connectivity index (χ2n) is 5.33. The van der Waals surface area contributed by atoms with E-state index in [0.717, 1.165) is 6.42 Å². The highest BCUT2D eigenvalue weighted by atomic mass is 32.2. The summed E-state index contributed by atoms with van der Waals surface area (Å²) in [5.41, 5.74) is 0. The van der Waals surface area contributed by atoms with Gasteiger partial charge in [-0.3, -0.25) is 0 Å². The summed E-state index contributed by atoms with van der Waals surface area (Å²) in [6.45, 7) is 2.00. The van der Waals surface area contributed by atoms with Gasteiger partial charge in [0.15, 0.2) is 9.84 Å². The van der Waals surface area contributed by atoms with Crippen molar-refractivity contribution in [2.24, 2.45) is 0 Å². The van der Waals surface area contributed by atoms with E-state index < -0.39 is 25.1 Å². The van der Waals surface area contributed by atoms with E-state index >= 15 is 0 Å². The Morgan fingerprint density at radius 3 is 2.23 bits per heavy atom. The Morgan fingerprint density at radius 2 is 1.73 bits per heavy atom. The van der Waals surface area contributed by atoms with E-state index in [-0.39, 0.29) is 23.7 Å². The summed E-state index contributed by atoms with van der Waals surface area (Å²) >= 11 is 0. The highest BCUT2D eigenvalue weighted by molar-refractivity contribution is 7.92. The fraction of sp³-hybridized carbons (Fsp3) is 0.571. The number of sulfonamides is 1. The first-order valence-electron chi connectivity index (χ1n) is 7.17. The van der Waals surface area contributed by atoms with Crippen molar-refractivity contribution in [3.8, 4) is 5.75 Å². The lowest BCUT2D eigenvalue weighted by Gasteiger charge is -2.37. The first-order chi connectivity index (χ1) is 10.3. The zero-order valence-electron chi connectivity index (χ0n) is 12.7. The molecule has 0 atom stereocenters. The minimum Gasteiger partial charge on any atom is -0.497 e. The van der Waals surface area contributed by atoms with Crippen molar-refractivity contribution in [3.05, 3.63) is 24.3 Å². The predicted octanol–water partition coefficient (Wildman–Crippen LogP) is 1.28. The molecule has 6 nitrogen and oxygen atoms in total. The molecular formula is C14H21NO5S2. The van der Waals surface area contributed by atoms with Crippen LogP contribution in [0.25, 0.3) is 0 Å². The maximum Gasteiger partial charge on any atom is 0.214 e. The van der Waals surface area contributed by atoms with E-state index in [9.17, 15) is 16.8 Å². The first kappa shape index (κ1) is 17.2. The summed E-state index contributed by atoms with van der Waals surface area (Å²) in [4.78, 5) is 0.198. The number of methoxy groups -OCH3 is 1. The molecule has 0 aromatic heterocycles. The van der Waals surface area contributed by atoms with Crippen LogP contribution in [0.3, 0.4) is 0 Å². The van der Waals surface area contributed by atoms with Crippen LogP contribution in [0.4, 0.5) is 0 Å². The topological polar surface area (TPSA) is 80.8 Å². The van der Waals surface area contributed by atoms with Crippen LogP contribution in [0, 0.1) is 0 Å². The van der Waals surface area contributed by atoms with Gasteiger partial charge in [-0.2, -0.15) is 4.31 Å². The van der Waals surface area contributed by atoms with Gasteiger partial charge in [0.2, 0.25) is 10.0 Å². The van der Waals surface area contributed by atoms with Gasteiger partial charge in [0.05, 0.1) is 23.0 Å². The Kier molecular flexibility index (Phi) is 5.14. The third-order valence-electron chi connectivity index (χ3n) is 3.79. The minimum absolute atomic E-state index is 0.0421. The summed E-state index contributed by atoms with van der Waals surface area (Å²) in [5.74, 6) is 0.662. The Balaban J connectivity index is 2.05. The molecule has 1 aliphatic rings. The summed E-state index contributed by atoms with van der Waals surface area (Å²) < 4.78 is 55.1. The van der Waals surface area contributed by atoms with E-state index in [1.807, 2.05) is 6.92 Å². The lowest BCUT2D eigenvalue weighted by Crippen LogP contribution is -2.57. The Bertz CT molecular complexity index is 704. The van der Waals surface area contributed by atoms with Crippen molar-refractivity contribution in [1.82, 2.24) is 4.31 Å². The van der Waals surface area contributed by atoms with Gasteiger partial charge in [0.1, 0.15) is 5.75 Å². The van der Waals surface area contributed by atoms with Gasteiger partial charge in [-0.25, -0.2) is 16.8 Å². The quantitative estimate of drug-likeness (QED) is 0.742. The number of hydrogen-bond acceptors (Lipinski definition) is 5. The van der Waals surface area contributed by atoms with Crippen LogP contribution in [-0.4, -0.2) is 52.3 Å². The van der Waals surface area contributed by atoms with E-state index in [2.05, 4.69) is 0 Å². The molecule has 22 heavy (non-hydrogen) atoms. The van der Waals surface area contributed by atoms with E-state index in [1.54, 1.807) is 12.1 Å². The fourth-order valence-corrected chi connectivity index (χ4v) is 5.81. The van der Waals surface area contributed by atoms with Crippen LogP contribution in [0.15, 0.2) is 29.2 Å². The lowest BCUT2D eigenvalue weighted by molar-refractivity contribution is 0.309. The number of unbranched alkanes of at least 4 members (excludes halogenated alkanes) is 1. The number of benzene rings is 1. The second kappa shape index (κ2) is 6.55. The van der Waals surface area contributed by atoms with Gasteiger partial charge in [0, 0.05) is 13.1 Å². The van der Waals surface area contributed by atoms with Gasteiger partial charge < -0.3 is 4.74 Å². The van der Waals surface area contributed by atoms with Crippen LogP contribution >= 0.6 is 0 Å². The highest BCUT2D eigenvalue weighted by Gasteiger charge is 2.43. The van der Waals surface area contributed by atoms with Gasteiger partial charge in [-0.1, -0.05) is 13.3 Å². The summed E-state index contributed by atoms with van der Waals surface area (Å²) in [5, 5.41) is -0.669. The van der Waals surface area contributed by atoms with Crippen LogP contribution in [-0.2, 0) is 19.9 Å². The molecule has 124 valence electrons. The summed E-state index contributed by atoms with van der Waals surface area (Å²) in [6.07, 6.45) is 1.38. The molecule has 0 spiro atoms. The SMILES string of the molecule is CCCCS(=O)(=O)N1CC(S(=O)(=O)c2ccc(OC)cc2)C1. The van der Waals surface area contributed by atoms with E-state index in [4.69, 9.17) is 4.74 Å². The Morgan fingerprint density at radius 1 is 1.14 bits per heavy atom. The molecule has 1 fully saturated rings. The summed E-state index contributed by atoms with van der Waals surface area (Å²) in [6, 6.07) is 6.15.